The predicted octanol–water partition coefficient (Wildman–Crippen LogP) is 2.72. The van der Waals surface area contributed by atoms with E-state index in [9.17, 15) is 0 Å². The summed E-state index contributed by atoms with van der Waals surface area (Å²) >= 11 is 0. The Labute approximate surface area is 109 Å². The van der Waals surface area contributed by atoms with E-state index >= 15 is 0 Å². The van der Waals surface area contributed by atoms with Gasteiger partial charge in [0.1, 0.15) is 0 Å². The summed E-state index contributed by atoms with van der Waals surface area (Å²) in [5.74, 6) is 0.473. The zero-order valence-electron chi connectivity index (χ0n) is 11.5. The Morgan fingerprint density at radius 1 is 1.11 bits per heavy atom. The molecule has 0 fully saturated rings. The molecule has 0 spiro atoms. The second kappa shape index (κ2) is 10.9. The minimum atomic E-state index is -0.0450. The predicted molar refractivity (Wildman–Crippen MR) is 72.0 cm³/mol. The number of phenols is 1. The molecule has 18 heavy (non-hydrogen) atoms. The largest absolute Gasteiger partial charge is 0.504 e. The lowest BCUT2D eigenvalue weighted by atomic mass is 10.2. The number of methoxy groups -OCH3 is 1. The molecule has 0 atom stereocenters. The maximum Gasteiger partial charge on any atom is 0.160 e. The van der Waals surface area contributed by atoms with Gasteiger partial charge in [0, 0.05) is 13.2 Å². The van der Waals surface area contributed by atoms with Gasteiger partial charge in [0.15, 0.2) is 11.5 Å². The zero-order valence-corrected chi connectivity index (χ0v) is 11.5. The number of ether oxygens (including phenoxy) is 2. The molecule has 4 heteroatoms. The summed E-state index contributed by atoms with van der Waals surface area (Å²) in [6.45, 7) is 6.05. The van der Waals surface area contributed by atoms with Crippen LogP contribution in [0.3, 0.4) is 0 Å². The molecular weight excluding hydrogens is 232 g/mol. The van der Waals surface area contributed by atoms with Crippen molar-refractivity contribution in [1.29, 1.82) is 0 Å². The van der Waals surface area contributed by atoms with E-state index in [2.05, 4.69) is 13.8 Å². The average molecular weight is 256 g/mol. The van der Waals surface area contributed by atoms with Crippen LogP contribution in [0.15, 0.2) is 18.2 Å². The van der Waals surface area contributed by atoms with Gasteiger partial charge in [-0.05, 0) is 30.5 Å². The van der Waals surface area contributed by atoms with Crippen molar-refractivity contribution in [3.63, 3.8) is 0 Å². The Morgan fingerprint density at radius 2 is 1.72 bits per heavy atom. The number of hydrogen-bond donors (Lipinski definition) is 2. The van der Waals surface area contributed by atoms with Gasteiger partial charge in [-0.25, -0.2) is 0 Å². The van der Waals surface area contributed by atoms with Crippen molar-refractivity contribution in [2.45, 2.75) is 33.3 Å². The second-order valence-electron chi connectivity index (χ2n) is 3.78. The summed E-state index contributed by atoms with van der Waals surface area (Å²) < 4.78 is 9.96. The molecule has 0 aromatic heterocycles. The van der Waals surface area contributed by atoms with Crippen LogP contribution in [0.5, 0.6) is 11.5 Å². The van der Waals surface area contributed by atoms with Crippen LogP contribution < -0.4 is 4.74 Å². The molecule has 0 aliphatic heterocycles. The van der Waals surface area contributed by atoms with Gasteiger partial charge in [-0.1, -0.05) is 19.9 Å². The third-order valence-corrected chi connectivity index (χ3v) is 2.12. The third kappa shape index (κ3) is 7.14. The lowest BCUT2D eigenvalue weighted by molar-refractivity contribution is 0.135. The van der Waals surface area contributed by atoms with Gasteiger partial charge in [-0.2, -0.15) is 0 Å². The molecule has 0 amide bonds. The van der Waals surface area contributed by atoms with Crippen molar-refractivity contribution in [3.05, 3.63) is 23.8 Å². The maximum absolute atomic E-state index is 9.12. The lowest BCUT2D eigenvalue weighted by Gasteiger charge is -2.03. The van der Waals surface area contributed by atoms with Gasteiger partial charge in [-0.15, -0.1) is 0 Å². The van der Waals surface area contributed by atoms with E-state index in [1.807, 2.05) is 0 Å². The van der Waals surface area contributed by atoms with E-state index in [4.69, 9.17) is 19.7 Å². The molecule has 0 radical (unpaired) electrons. The molecule has 0 saturated heterocycles. The zero-order chi connectivity index (χ0) is 13.8. The molecule has 1 rings (SSSR count). The van der Waals surface area contributed by atoms with E-state index < -0.39 is 0 Å². The number of phenolic OH excluding ortho intramolecular Hbond substituents is 1. The number of benzene rings is 1. The van der Waals surface area contributed by atoms with Crippen LogP contribution in [-0.2, 0) is 11.3 Å². The highest BCUT2D eigenvalue weighted by atomic mass is 16.5. The first-order valence-electron chi connectivity index (χ1n) is 6.24. The van der Waals surface area contributed by atoms with Gasteiger partial charge in [0.05, 0.1) is 13.7 Å². The van der Waals surface area contributed by atoms with Crippen LogP contribution in [0.1, 0.15) is 32.3 Å². The van der Waals surface area contributed by atoms with Crippen LogP contribution in [0.25, 0.3) is 0 Å². The fraction of sp³-hybridized carbons (Fsp3) is 0.571. The second-order valence-corrected chi connectivity index (χ2v) is 3.78. The van der Waals surface area contributed by atoms with Crippen LogP contribution in [-0.4, -0.2) is 30.5 Å². The molecule has 0 aliphatic carbocycles. The first-order valence-corrected chi connectivity index (χ1v) is 6.24. The Bertz CT molecular complexity index is 309. The molecule has 4 nitrogen and oxygen atoms in total. The summed E-state index contributed by atoms with van der Waals surface area (Å²) in [4.78, 5) is 0. The smallest absolute Gasteiger partial charge is 0.160 e. The van der Waals surface area contributed by atoms with Gasteiger partial charge < -0.3 is 19.7 Å². The average Bonchev–Trinajstić information content (AvgIpc) is 2.41. The highest BCUT2D eigenvalue weighted by molar-refractivity contribution is 5.41. The van der Waals surface area contributed by atoms with Crippen molar-refractivity contribution in [1.82, 2.24) is 0 Å². The summed E-state index contributed by atoms with van der Waals surface area (Å²) in [5.41, 5.74) is 0.722. The third-order valence-electron chi connectivity index (χ3n) is 2.12. The summed E-state index contributed by atoms with van der Waals surface area (Å²) in [7, 11) is 1.47. The van der Waals surface area contributed by atoms with Gasteiger partial charge in [-0.3, -0.25) is 0 Å². The number of aliphatic hydroxyl groups is 1. The van der Waals surface area contributed by atoms with E-state index in [1.54, 1.807) is 12.1 Å². The number of hydrogen-bond acceptors (Lipinski definition) is 4. The standard InChI is InChI=1S/C8H10O3.C6H14O/c1-11-8-4-6(5-9)2-3-7(8)10;1-3-5-7-6-4-2/h2-4,9-10H,5H2,1H3;3-6H2,1-2H3. The monoisotopic (exact) mass is 256 g/mol. The normalized spacial score (nSPS) is 9.56. The van der Waals surface area contributed by atoms with Crippen LogP contribution >= 0.6 is 0 Å². The van der Waals surface area contributed by atoms with Crippen molar-refractivity contribution in [3.8, 4) is 11.5 Å². The summed E-state index contributed by atoms with van der Waals surface area (Å²) in [6, 6.07) is 4.72. The lowest BCUT2D eigenvalue weighted by Crippen LogP contribution is -1.92. The Hall–Kier alpha value is -1.26. The molecule has 0 bridgehead atoms. The quantitative estimate of drug-likeness (QED) is 0.768. The highest BCUT2D eigenvalue weighted by Crippen LogP contribution is 2.25. The minimum absolute atomic E-state index is 0.0450. The van der Waals surface area contributed by atoms with Crippen molar-refractivity contribution in [2.24, 2.45) is 0 Å². The van der Waals surface area contributed by atoms with E-state index in [-0.39, 0.29) is 12.4 Å². The van der Waals surface area contributed by atoms with E-state index in [0.29, 0.717) is 5.75 Å². The van der Waals surface area contributed by atoms with Crippen LogP contribution in [0, 0.1) is 0 Å². The minimum Gasteiger partial charge on any atom is -0.504 e. The Balaban J connectivity index is 0.000000360. The number of aromatic hydroxyl groups is 1. The van der Waals surface area contributed by atoms with Crippen LogP contribution in [0.4, 0.5) is 0 Å². The molecule has 1 aromatic carbocycles. The Morgan fingerprint density at radius 3 is 2.17 bits per heavy atom. The number of aliphatic hydroxyl groups excluding tert-OH is 1. The first-order chi connectivity index (χ1) is 8.69. The summed E-state index contributed by atoms with van der Waals surface area (Å²) in [6.07, 6.45) is 2.28. The summed E-state index contributed by atoms with van der Waals surface area (Å²) in [5, 5.41) is 17.8. The topological polar surface area (TPSA) is 58.9 Å². The SMILES string of the molecule is CCCOCCC.COc1cc(CO)ccc1O. The van der Waals surface area contributed by atoms with Gasteiger partial charge in [0.25, 0.3) is 0 Å². The molecule has 0 saturated carbocycles. The number of rotatable bonds is 6. The molecular formula is C14H24O4. The van der Waals surface area contributed by atoms with Gasteiger partial charge >= 0.3 is 0 Å². The van der Waals surface area contributed by atoms with E-state index in [0.717, 1.165) is 31.6 Å². The van der Waals surface area contributed by atoms with Gasteiger partial charge in [0.2, 0.25) is 0 Å². The first kappa shape index (κ1) is 16.7. The molecule has 2 N–H and O–H groups in total. The van der Waals surface area contributed by atoms with E-state index in [1.165, 1.54) is 13.2 Å². The fourth-order valence-electron chi connectivity index (χ4n) is 1.21. The highest BCUT2D eigenvalue weighted by Gasteiger charge is 2.00. The Kier molecular flexibility index (Phi) is 10.1. The maximum atomic E-state index is 9.12. The molecule has 0 unspecified atom stereocenters. The fourth-order valence-corrected chi connectivity index (χ4v) is 1.21. The van der Waals surface area contributed by atoms with Crippen LogP contribution in [0.2, 0.25) is 0 Å². The van der Waals surface area contributed by atoms with Crippen molar-refractivity contribution in [2.75, 3.05) is 20.3 Å². The van der Waals surface area contributed by atoms with Crippen molar-refractivity contribution < 1.29 is 19.7 Å². The molecule has 0 heterocycles. The molecule has 0 aliphatic rings. The molecule has 104 valence electrons. The molecule has 1 aromatic rings. The van der Waals surface area contributed by atoms with Crippen molar-refractivity contribution >= 4 is 0 Å².